The van der Waals surface area contributed by atoms with Crippen LogP contribution < -0.4 is 0 Å². The summed E-state index contributed by atoms with van der Waals surface area (Å²) in [6.07, 6.45) is 3.32. The number of esters is 1. The van der Waals surface area contributed by atoms with Crippen LogP contribution in [0.2, 0.25) is 0 Å². The second-order valence-corrected chi connectivity index (χ2v) is 6.19. The van der Waals surface area contributed by atoms with Gasteiger partial charge in [0.05, 0.1) is 6.10 Å². The smallest absolute Gasteiger partial charge is 0.331 e. The van der Waals surface area contributed by atoms with Gasteiger partial charge in [0, 0.05) is 19.0 Å². The van der Waals surface area contributed by atoms with Crippen LogP contribution in [0.25, 0.3) is 0 Å². The summed E-state index contributed by atoms with van der Waals surface area (Å²) in [5, 5.41) is 0. The molecule has 2 heterocycles. The monoisotopic (exact) mass is 339 g/mol. The van der Waals surface area contributed by atoms with Gasteiger partial charge in [0.1, 0.15) is 11.6 Å². The van der Waals surface area contributed by atoms with E-state index in [1.54, 1.807) is 17.1 Å². The fourth-order valence-electron chi connectivity index (χ4n) is 3.65. The number of hydrogen-bond acceptors (Lipinski definition) is 4. The Morgan fingerprint density at radius 1 is 1.28 bits per heavy atom. The molecule has 0 aliphatic carbocycles. The van der Waals surface area contributed by atoms with Crippen molar-refractivity contribution in [3.05, 3.63) is 73.9 Å². The molecule has 0 radical (unpaired) electrons. The highest BCUT2D eigenvalue weighted by atomic mass is 16.6. The molecule has 2 aliphatic heterocycles. The van der Waals surface area contributed by atoms with Crippen LogP contribution in [0.1, 0.15) is 12.0 Å². The first-order valence-corrected chi connectivity index (χ1v) is 8.16. The maximum atomic E-state index is 12.7. The highest BCUT2D eigenvalue weighted by Gasteiger charge is 2.69. The van der Waals surface area contributed by atoms with Crippen molar-refractivity contribution in [1.29, 1.82) is 0 Å². The van der Waals surface area contributed by atoms with E-state index in [9.17, 15) is 9.59 Å². The van der Waals surface area contributed by atoms with Gasteiger partial charge in [0.2, 0.25) is 6.10 Å². The highest BCUT2D eigenvalue weighted by Crippen LogP contribution is 2.49. The lowest BCUT2D eigenvalue weighted by atomic mass is 9.73. The van der Waals surface area contributed by atoms with Crippen molar-refractivity contribution in [3.63, 3.8) is 0 Å². The lowest BCUT2D eigenvalue weighted by molar-refractivity contribution is -0.203. The van der Waals surface area contributed by atoms with Crippen molar-refractivity contribution >= 4 is 11.9 Å². The molecule has 130 valence electrons. The minimum Gasteiger partial charge on any atom is -0.446 e. The molecule has 0 N–H and O–H groups in total. The Bertz CT molecular complexity index is 714. The quantitative estimate of drug-likeness (QED) is 0.346. The molecular weight excluding hydrogens is 318 g/mol. The summed E-state index contributed by atoms with van der Waals surface area (Å²) in [6.45, 7) is 11.4. The van der Waals surface area contributed by atoms with Gasteiger partial charge in [-0.1, -0.05) is 49.1 Å². The van der Waals surface area contributed by atoms with E-state index in [1.165, 1.54) is 0 Å². The molecule has 0 bridgehead atoms. The van der Waals surface area contributed by atoms with Gasteiger partial charge in [-0.3, -0.25) is 4.79 Å². The lowest BCUT2D eigenvalue weighted by Gasteiger charge is -2.56. The molecule has 3 rings (SSSR count). The third kappa shape index (κ3) is 2.70. The first kappa shape index (κ1) is 17.2. The summed E-state index contributed by atoms with van der Waals surface area (Å²) in [4.78, 5) is 26.2. The van der Waals surface area contributed by atoms with E-state index in [0.29, 0.717) is 13.0 Å². The van der Waals surface area contributed by atoms with Gasteiger partial charge in [0.25, 0.3) is 5.91 Å². The van der Waals surface area contributed by atoms with Crippen LogP contribution >= 0.6 is 0 Å². The molecule has 2 aliphatic rings. The minimum atomic E-state index is -0.908. The molecule has 2 fully saturated rings. The van der Waals surface area contributed by atoms with Crippen molar-refractivity contribution in [3.8, 4) is 0 Å². The van der Waals surface area contributed by atoms with Gasteiger partial charge in [-0.05, 0) is 5.56 Å². The van der Waals surface area contributed by atoms with Crippen molar-refractivity contribution in [1.82, 2.24) is 4.90 Å². The summed E-state index contributed by atoms with van der Waals surface area (Å²) in [6, 6.07) is 9.67. The number of amides is 1. The van der Waals surface area contributed by atoms with Crippen LogP contribution in [0.4, 0.5) is 0 Å². The van der Waals surface area contributed by atoms with Crippen molar-refractivity contribution in [2.45, 2.75) is 36.8 Å². The van der Waals surface area contributed by atoms with Crippen molar-refractivity contribution in [2.75, 3.05) is 0 Å². The van der Waals surface area contributed by atoms with E-state index >= 15 is 0 Å². The van der Waals surface area contributed by atoms with Gasteiger partial charge in [0.15, 0.2) is 0 Å². The summed E-state index contributed by atoms with van der Waals surface area (Å²) < 4.78 is 11.3. The summed E-state index contributed by atoms with van der Waals surface area (Å²) in [7, 11) is 0. The number of hydrogen-bond donors (Lipinski definition) is 0. The number of ether oxygens (including phenoxy) is 2. The van der Waals surface area contributed by atoms with Crippen LogP contribution in [-0.4, -0.2) is 40.6 Å². The second kappa shape index (κ2) is 6.69. The Balaban J connectivity index is 1.95. The molecule has 1 spiro atoms. The van der Waals surface area contributed by atoms with Crippen molar-refractivity contribution in [2.24, 2.45) is 0 Å². The highest BCUT2D eigenvalue weighted by molar-refractivity contribution is 5.94. The zero-order chi connectivity index (χ0) is 18.0. The number of benzene rings is 1. The molecule has 1 aromatic carbocycles. The van der Waals surface area contributed by atoms with Gasteiger partial charge in [-0.25, -0.2) is 4.79 Å². The molecule has 1 aromatic rings. The van der Waals surface area contributed by atoms with E-state index in [2.05, 4.69) is 19.7 Å². The molecule has 2 saturated heterocycles. The standard InChI is InChI=1S/C20H21NO4/c1-4-15-12-20(16(5-2)24-15)18(25-17(22)6-3)19(23)21(20)13-14-10-8-7-9-11-14/h4-11,15-16,18H,1-3,12-13H2/t15-,16+,18-,20-/m0/s1. The zero-order valence-electron chi connectivity index (χ0n) is 14.0. The maximum Gasteiger partial charge on any atom is 0.331 e. The topological polar surface area (TPSA) is 55.8 Å². The predicted octanol–water partition coefficient (Wildman–Crippen LogP) is 2.39. The number of likely N-dealkylation sites (tertiary alicyclic amines) is 1. The van der Waals surface area contributed by atoms with E-state index in [-0.39, 0.29) is 12.0 Å². The fraction of sp³-hybridized carbons (Fsp3) is 0.300. The molecule has 0 aromatic heterocycles. The third-order valence-corrected chi connectivity index (χ3v) is 4.85. The Morgan fingerprint density at radius 3 is 2.60 bits per heavy atom. The normalized spacial score (nSPS) is 30.6. The maximum absolute atomic E-state index is 12.7. The third-order valence-electron chi connectivity index (χ3n) is 4.85. The van der Waals surface area contributed by atoms with Gasteiger partial charge < -0.3 is 14.4 Å². The number of carbonyl (C=O) groups excluding carboxylic acids is 2. The fourth-order valence-corrected chi connectivity index (χ4v) is 3.65. The Kier molecular flexibility index (Phi) is 4.59. The molecule has 4 atom stereocenters. The van der Waals surface area contributed by atoms with E-state index in [1.807, 2.05) is 30.3 Å². The summed E-state index contributed by atoms with van der Waals surface area (Å²) in [5.41, 5.74) is 0.222. The Labute approximate surface area is 147 Å². The number of carbonyl (C=O) groups is 2. The SMILES string of the molecule is C=CC(=O)O[C@H]1C(=O)N(Cc2ccccc2)[C@]12C[C@H](C=C)O[C@@H]2C=C. The van der Waals surface area contributed by atoms with Crippen LogP contribution in [0, 0.1) is 0 Å². The predicted molar refractivity (Wildman–Crippen MR) is 93.5 cm³/mol. The van der Waals surface area contributed by atoms with Crippen LogP contribution in [0.3, 0.4) is 0 Å². The molecule has 5 nitrogen and oxygen atoms in total. The second-order valence-electron chi connectivity index (χ2n) is 6.19. The van der Waals surface area contributed by atoms with E-state index in [0.717, 1.165) is 11.6 Å². The number of nitrogens with zero attached hydrogens (tertiary/aromatic N) is 1. The van der Waals surface area contributed by atoms with E-state index in [4.69, 9.17) is 9.47 Å². The average molecular weight is 339 g/mol. The molecule has 1 amide bonds. The largest absolute Gasteiger partial charge is 0.446 e. The van der Waals surface area contributed by atoms with Gasteiger partial charge in [-0.2, -0.15) is 0 Å². The molecule has 5 heteroatoms. The van der Waals surface area contributed by atoms with Crippen LogP contribution in [0.15, 0.2) is 68.3 Å². The van der Waals surface area contributed by atoms with Crippen molar-refractivity contribution < 1.29 is 19.1 Å². The zero-order valence-corrected chi connectivity index (χ0v) is 14.0. The van der Waals surface area contributed by atoms with Crippen LogP contribution in [0.5, 0.6) is 0 Å². The van der Waals surface area contributed by atoms with E-state index < -0.39 is 23.7 Å². The Morgan fingerprint density at radius 2 is 2.00 bits per heavy atom. The first-order chi connectivity index (χ1) is 12.1. The Hall–Kier alpha value is -2.66. The number of β-lactam (4-membered cyclic amide) rings is 1. The summed E-state index contributed by atoms with van der Waals surface area (Å²) in [5.74, 6) is -0.860. The molecule has 25 heavy (non-hydrogen) atoms. The minimum absolute atomic E-state index is 0.237. The average Bonchev–Trinajstić information content (AvgIpc) is 3.05. The van der Waals surface area contributed by atoms with Gasteiger partial charge in [-0.15, -0.1) is 13.2 Å². The molecular formula is C20H21NO4. The summed E-state index contributed by atoms with van der Waals surface area (Å²) >= 11 is 0. The first-order valence-electron chi connectivity index (χ1n) is 8.16. The molecule has 0 unspecified atom stereocenters. The van der Waals surface area contributed by atoms with Crippen LogP contribution in [-0.2, 0) is 25.6 Å². The lowest BCUT2D eigenvalue weighted by Crippen LogP contribution is -2.77. The molecule has 0 saturated carbocycles. The number of rotatable bonds is 6. The van der Waals surface area contributed by atoms with Gasteiger partial charge >= 0.3 is 5.97 Å².